The molecule has 0 aliphatic heterocycles. The molecule has 0 atom stereocenters. The molecule has 3 rings (SSSR count). The van der Waals surface area contributed by atoms with E-state index in [4.69, 9.17) is 9.47 Å². The van der Waals surface area contributed by atoms with E-state index < -0.39 is 5.82 Å². The van der Waals surface area contributed by atoms with Crippen LogP contribution >= 0.6 is 0 Å². The molecule has 3 aromatic rings. The van der Waals surface area contributed by atoms with Crippen molar-refractivity contribution in [3.63, 3.8) is 0 Å². The Morgan fingerprint density at radius 1 is 1.07 bits per heavy atom. The molecule has 0 unspecified atom stereocenters. The maximum Gasteiger partial charge on any atom is 0.224 e. The average molecular weight is 384 g/mol. The first-order valence-electron chi connectivity index (χ1n) is 8.55. The highest BCUT2D eigenvalue weighted by molar-refractivity contribution is 5.90. The topological polar surface area (TPSA) is 60.5 Å². The Morgan fingerprint density at radius 2 is 1.86 bits per heavy atom. The summed E-state index contributed by atoms with van der Waals surface area (Å²) in [6.07, 6.45) is 2.05. The van der Waals surface area contributed by atoms with E-state index in [2.05, 4.69) is 10.3 Å². The lowest BCUT2D eigenvalue weighted by molar-refractivity contribution is -0.116. The minimum atomic E-state index is -0.457. The van der Waals surface area contributed by atoms with Crippen LogP contribution in [-0.2, 0) is 11.2 Å². The van der Waals surface area contributed by atoms with Crippen LogP contribution < -0.4 is 14.8 Å². The monoisotopic (exact) mass is 384 g/mol. The fourth-order valence-electron chi connectivity index (χ4n) is 2.48. The standard InChI is InChI=1S/C21H18F2N2O3/c1-27-19-9-2-14(12-18(19)23)3-10-20(26)25-16-6-11-21(24-13-16)28-17-7-4-15(22)5-8-17/h2,4-9,11-13H,3,10H2,1H3,(H,25,26). The number of hydrogen-bond donors (Lipinski definition) is 1. The van der Waals surface area contributed by atoms with Gasteiger partial charge in [-0.1, -0.05) is 6.07 Å². The van der Waals surface area contributed by atoms with E-state index in [1.54, 1.807) is 18.2 Å². The molecular weight excluding hydrogens is 366 g/mol. The number of nitrogens with one attached hydrogen (secondary N) is 1. The molecule has 0 saturated carbocycles. The van der Waals surface area contributed by atoms with Crippen LogP contribution in [0.1, 0.15) is 12.0 Å². The predicted molar refractivity (Wildman–Crippen MR) is 101 cm³/mol. The molecule has 5 nitrogen and oxygen atoms in total. The van der Waals surface area contributed by atoms with E-state index in [-0.39, 0.29) is 23.9 Å². The third-order valence-corrected chi connectivity index (χ3v) is 3.91. The zero-order valence-corrected chi connectivity index (χ0v) is 15.1. The summed E-state index contributed by atoms with van der Waals surface area (Å²) in [5, 5.41) is 2.72. The van der Waals surface area contributed by atoms with Gasteiger partial charge >= 0.3 is 0 Å². The van der Waals surface area contributed by atoms with E-state index in [1.165, 1.54) is 49.7 Å². The van der Waals surface area contributed by atoms with Gasteiger partial charge in [-0.05, 0) is 54.4 Å². The molecular formula is C21H18F2N2O3. The Morgan fingerprint density at radius 3 is 2.50 bits per heavy atom. The predicted octanol–water partition coefficient (Wildman–Crippen LogP) is 4.73. The highest BCUT2D eigenvalue weighted by Crippen LogP contribution is 2.21. The van der Waals surface area contributed by atoms with Crippen LogP contribution in [0.15, 0.2) is 60.8 Å². The molecule has 0 aliphatic carbocycles. The summed E-state index contributed by atoms with van der Waals surface area (Å²) in [4.78, 5) is 16.2. The van der Waals surface area contributed by atoms with Crippen LogP contribution in [0.4, 0.5) is 14.5 Å². The van der Waals surface area contributed by atoms with E-state index in [0.29, 0.717) is 29.3 Å². The van der Waals surface area contributed by atoms with Crippen molar-refractivity contribution in [3.8, 4) is 17.4 Å². The molecule has 0 radical (unpaired) electrons. The van der Waals surface area contributed by atoms with Gasteiger partial charge in [0.2, 0.25) is 11.8 Å². The summed E-state index contributed by atoms with van der Waals surface area (Å²) in [5.41, 5.74) is 1.21. The maximum absolute atomic E-state index is 13.7. The normalized spacial score (nSPS) is 10.4. The van der Waals surface area contributed by atoms with Crippen molar-refractivity contribution in [2.45, 2.75) is 12.8 Å². The molecule has 0 spiro atoms. The van der Waals surface area contributed by atoms with Crippen LogP contribution in [0.3, 0.4) is 0 Å². The Hall–Kier alpha value is -3.48. The Labute approximate surface area is 160 Å². The van der Waals surface area contributed by atoms with Gasteiger partial charge in [-0.25, -0.2) is 13.8 Å². The first kappa shape index (κ1) is 19.3. The molecule has 0 bridgehead atoms. The number of pyridine rings is 1. The second-order valence-electron chi connectivity index (χ2n) is 5.96. The van der Waals surface area contributed by atoms with Crippen LogP contribution in [0.25, 0.3) is 0 Å². The maximum atomic E-state index is 13.7. The van der Waals surface area contributed by atoms with Gasteiger partial charge < -0.3 is 14.8 Å². The average Bonchev–Trinajstić information content (AvgIpc) is 2.70. The quantitative estimate of drug-likeness (QED) is 0.640. The highest BCUT2D eigenvalue weighted by Gasteiger charge is 2.07. The van der Waals surface area contributed by atoms with Gasteiger partial charge in [0.15, 0.2) is 11.6 Å². The molecule has 1 heterocycles. The summed E-state index contributed by atoms with van der Waals surface area (Å²) in [6, 6.07) is 13.4. The van der Waals surface area contributed by atoms with Crippen molar-refractivity contribution >= 4 is 11.6 Å². The summed E-state index contributed by atoms with van der Waals surface area (Å²) >= 11 is 0. The van der Waals surface area contributed by atoms with Crippen molar-refractivity contribution in [3.05, 3.63) is 78.0 Å². The van der Waals surface area contributed by atoms with Gasteiger partial charge in [0.25, 0.3) is 0 Å². The van der Waals surface area contributed by atoms with Gasteiger partial charge in [-0.2, -0.15) is 0 Å². The van der Waals surface area contributed by atoms with E-state index >= 15 is 0 Å². The first-order valence-corrected chi connectivity index (χ1v) is 8.55. The number of benzene rings is 2. The number of nitrogens with zero attached hydrogens (tertiary/aromatic N) is 1. The van der Waals surface area contributed by atoms with E-state index in [1.807, 2.05) is 0 Å². The third-order valence-electron chi connectivity index (χ3n) is 3.91. The van der Waals surface area contributed by atoms with E-state index in [0.717, 1.165) is 0 Å². The van der Waals surface area contributed by atoms with Crippen molar-refractivity contribution in [2.75, 3.05) is 12.4 Å². The van der Waals surface area contributed by atoms with Crippen molar-refractivity contribution < 1.29 is 23.0 Å². The summed E-state index contributed by atoms with van der Waals surface area (Å²) in [7, 11) is 1.40. The second-order valence-corrected chi connectivity index (χ2v) is 5.96. The zero-order chi connectivity index (χ0) is 19.9. The largest absolute Gasteiger partial charge is 0.494 e. The molecule has 28 heavy (non-hydrogen) atoms. The zero-order valence-electron chi connectivity index (χ0n) is 15.1. The lowest BCUT2D eigenvalue weighted by atomic mass is 10.1. The first-order chi connectivity index (χ1) is 13.5. The molecule has 0 saturated heterocycles. The number of carbonyl (C=O) groups is 1. The minimum Gasteiger partial charge on any atom is -0.494 e. The fraction of sp³-hybridized carbons (Fsp3) is 0.143. The van der Waals surface area contributed by atoms with E-state index in [9.17, 15) is 13.6 Å². The number of rotatable bonds is 7. The molecule has 144 valence electrons. The van der Waals surface area contributed by atoms with Gasteiger partial charge in [0, 0.05) is 12.5 Å². The Balaban J connectivity index is 1.51. The number of carbonyl (C=O) groups excluding carboxylic acids is 1. The molecule has 1 amide bonds. The summed E-state index contributed by atoms with van der Waals surface area (Å²) in [6.45, 7) is 0. The van der Waals surface area contributed by atoms with Crippen LogP contribution in [-0.4, -0.2) is 18.0 Å². The number of aromatic nitrogens is 1. The Bertz CT molecular complexity index is 945. The van der Waals surface area contributed by atoms with Crippen LogP contribution in [0.2, 0.25) is 0 Å². The number of methoxy groups -OCH3 is 1. The summed E-state index contributed by atoms with van der Waals surface area (Å²) in [5.74, 6) is -0.0831. The molecule has 7 heteroatoms. The molecule has 2 aromatic carbocycles. The smallest absolute Gasteiger partial charge is 0.224 e. The minimum absolute atomic E-state index is 0.169. The lowest BCUT2D eigenvalue weighted by Crippen LogP contribution is -2.12. The number of ether oxygens (including phenoxy) is 2. The van der Waals surface area contributed by atoms with Crippen LogP contribution in [0, 0.1) is 11.6 Å². The van der Waals surface area contributed by atoms with Gasteiger partial charge in [-0.15, -0.1) is 0 Å². The summed E-state index contributed by atoms with van der Waals surface area (Å²) < 4.78 is 36.9. The third kappa shape index (κ3) is 5.26. The molecule has 0 aliphatic rings. The van der Waals surface area contributed by atoms with Crippen molar-refractivity contribution in [2.24, 2.45) is 0 Å². The highest BCUT2D eigenvalue weighted by atomic mass is 19.1. The number of halogens is 2. The second kappa shape index (κ2) is 8.94. The van der Waals surface area contributed by atoms with Gasteiger partial charge in [0.1, 0.15) is 11.6 Å². The van der Waals surface area contributed by atoms with Gasteiger partial charge in [0.05, 0.1) is 19.0 Å². The number of aryl methyl sites for hydroxylation is 1. The fourth-order valence-corrected chi connectivity index (χ4v) is 2.48. The molecule has 1 aromatic heterocycles. The van der Waals surface area contributed by atoms with Crippen LogP contribution in [0.5, 0.6) is 17.4 Å². The number of anilines is 1. The number of hydrogen-bond acceptors (Lipinski definition) is 4. The SMILES string of the molecule is COc1ccc(CCC(=O)Nc2ccc(Oc3ccc(F)cc3)nc2)cc1F. The molecule has 1 N–H and O–H groups in total. The van der Waals surface area contributed by atoms with Gasteiger partial charge in [-0.3, -0.25) is 4.79 Å². The Kier molecular flexibility index (Phi) is 6.16. The molecule has 0 fully saturated rings. The van der Waals surface area contributed by atoms with Crippen molar-refractivity contribution in [1.82, 2.24) is 4.98 Å². The lowest BCUT2D eigenvalue weighted by Gasteiger charge is -2.08. The van der Waals surface area contributed by atoms with Crippen molar-refractivity contribution in [1.29, 1.82) is 0 Å². The number of amides is 1.